The number of nitrogens with zero attached hydrogens (tertiary/aromatic N) is 6. The van der Waals surface area contributed by atoms with Gasteiger partial charge in [0.1, 0.15) is 17.0 Å². The summed E-state index contributed by atoms with van der Waals surface area (Å²) in [5.41, 5.74) is 1.44. The van der Waals surface area contributed by atoms with Crippen LogP contribution in [0.15, 0.2) is 54.4 Å². The van der Waals surface area contributed by atoms with Crippen molar-refractivity contribution in [3.05, 3.63) is 65.0 Å². The Balaban J connectivity index is 1.28. The molecule has 0 radical (unpaired) electrons. The van der Waals surface area contributed by atoms with Crippen molar-refractivity contribution in [3.8, 4) is 5.69 Å². The van der Waals surface area contributed by atoms with Crippen LogP contribution in [0.2, 0.25) is 5.02 Å². The number of hydrogen-bond acceptors (Lipinski definition) is 6. The number of halogens is 1. The molecule has 1 fully saturated rings. The topological polar surface area (TPSA) is 67.2 Å². The first-order valence-corrected chi connectivity index (χ1v) is 10.5. The van der Waals surface area contributed by atoms with Crippen LogP contribution in [0.5, 0.6) is 0 Å². The molecule has 5 rings (SSSR count). The third-order valence-corrected chi connectivity index (χ3v) is 6.10. The molecule has 0 saturated carbocycles. The highest BCUT2D eigenvalue weighted by atomic mass is 35.5. The zero-order valence-corrected chi connectivity index (χ0v) is 17.0. The van der Waals surface area contributed by atoms with Crippen molar-refractivity contribution in [2.24, 2.45) is 0 Å². The normalized spacial score (nSPS) is 14.5. The zero-order chi connectivity index (χ0) is 19.8. The summed E-state index contributed by atoms with van der Waals surface area (Å²) in [6.45, 7) is 2.75. The van der Waals surface area contributed by atoms with Crippen molar-refractivity contribution >= 4 is 44.9 Å². The third kappa shape index (κ3) is 3.45. The maximum Gasteiger partial charge on any atom is 0.257 e. The molecule has 0 atom stereocenters. The molecule has 3 aromatic heterocycles. The average molecular weight is 425 g/mol. The molecule has 146 valence electrons. The van der Waals surface area contributed by atoms with Gasteiger partial charge in [-0.05, 0) is 35.7 Å². The number of thiophene rings is 1. The van der Waals surface area contributed by atoms with E-state index in [-0.39, 0.29) is 5.91 Å². The van der Waals surface area contributed by atoms with Crippen LogP contribution in [0.25, 0.3) is 15.9 Å². The number of aromatic nitrogens is 4. The van der Waals surface area contributed by atoms with Crippen molar-refractivity contribution in [1.82, 2.24) is 24.6 Å². The zero-order valence-electron chi connectivity index (χ0n) is 15.4. The van der Waals surface area contributed by atoms with Crippen LogP contribution >= 0.6 is 22.9 Å². The van der Waals surface area contributed by atoms with Gasteiger partial charge in [-0.2, -0.15) is 5.10 Å². The lowest BCUT2D eigenvalue weighted by atomic mass is 10.2. The van der Waals surface area contributed by atoms with E-state index in [2.05, 4.69) is 26.0 Å². The number of amides is 1. The van der Waals surface area contributed by atoms with Gasteiger partial charge in [0.2, 0.25) is 0 Å². The lowest BCUT2D eigenvalue weighted by molar-refractivity contribution is 0.0746. The van der Waals surface area contributed by atoms with E-state index in [1.54, 1.807) is 46.9 Å². The van der Waals surface area contributed by atoms with Gasteiger partial charge < -0.3 is 9.80 Å². The molecule has 0 bridgehead atoms. The Labute approximate surface area is 176 Å². The van der Waals surface area contributed by atoms with E-state index >= 15 is 0 Å². The van der Waals surface area contributed by atoms with E-state index in [9.17, 15) is 4.79 Å². The summed E-state index contributed by atoms with van der Waals surface area (Å²) in [6.07, 6.45) is 4.98. The predicted molar refractivity (Wildman–Crippen MR) is 114 cm³/mol. The average Bonchev–Trinajstić information content (AvgIpc) is 3.43. The predicted octanol–water partition coefficient (Wildman–Crippen LogP) is 3.49. The van der Waals surface area contributed by atoms with Crippen molar-refractivity contribution in [1.29, 1.82) is 0 Å². The summed E-state index contributed by atoms with van der Waals surface area (Å²) in [5, 5.41) is 8.09. The standard InChI is InChI=1S/C20H17ClN6OS/c21-15-1-3-16(4-2-15)27-12-14(11-24-27)20(28)26-8-6-25(7-9-26)18-17-5-10-29-19(17)23-13-22-18/h1-5,10-13H,6-9H2. The molecule has 1 saturated heterocycles. The van der Waals surface area contributed by atoms with Gasteiger partial charge in [0.25, 0.3) is 5.91 Å². The molecule has 1 amide bonds. The highest BCUT2D eigenvalue weighted by Gasteiger charge is 2.25. The molecular weight excluding hydrogens is 408 g/mol. The molecule has 29 heavy (non-hydrogen) atoms. The van der Waals surface area contributed by atoms with Gasteiger partial charge in [0.05, 0.1) is 22.8 Å². The summed E-state index contributed by atoms with van der Waals surface area (Å²) in [7, 11) is 0. The Bertz CT molecular complexity index is 1160. The SMILES string of the molecule is O=C(c1cnn(-c2ccc(Cl)cc2)c1)N1CCN(c2ncnc3sccc23)CC1. The fraction of sp³-hybridized carbons (Fsp3) is 0.200. The lowest BCUT2D eigenvalue weighted by Crippen LogP contribution is -2.49. The fourth-order valence-corrected chi connectivity index (χ4v) is 4.35. The maximum atomic E-state index is 12.9. The van der Waals surface area contributed by atoms with Crippen LogP contribution in [0.3, 0.4) is 0 Å². The number of piperazine rings is 1. The first-order valence-electron chi connectivity index (χ1n) is 9.22. The third-order valence-electron chi connectivity index (χ3n) is 5.03. The van der Waals surface area contributed by atoms with Gasteiger partial charge in [-0.25, -0.2) is 14.6 Å². The van der Waals surface area contributed by atoms with E-state index in [4.69, 9.17) is 11.6 Å². The molecule has 4 aromatic rings. The minimum atomic E-state index is -0.00627. The van der Waals surface area contributed by atoms with E-state index in [0.717, 1.165) is 34.8 Å². The van der Waals surface area contributed by atoms with Crippen LogP contribution in [0.1, 0.15) is 10.4 Å². The first-order chi connectivity index (χ1) is 14.2. The fourth-order valence-electron chi connectivity index (χ4n) is 3.50. The minimum Gasteiger partial charge on any atom is -0.352 e. The summed E-state index contributed by atoms with van der Waals surface area (Å²) in [4.78, 5) is 26.8. The smallest absolute Gasteiger partial charge is 0.257 e. The van der Waals surface area contributed by atoms with Gasteiger partial charge >= 0.3 is 0 Å². The summed E-state index contributed by atoms with van der Waals surface area (Å²) < 4.78 is 1.69. The number of fused-ring (bicyclic) bond motifs is 1. The maximum absolute atomic E-state index is 12.9. The number of benzene rings is 1. The molecule has 0 spiro atoms. The van der Waals surface area contributed by atoms with Gasteiger partial charge in [-0.3, -0.25) is 4.79 Å². The van der Waals surface area contributed by atoms with Gasteiger partial charge in [0, 0.05) is 37.4 Å². The molecule has 9 heteroatoms. The molecule has 1 aliphatic heterocycles. The highest BCUT2D eigenvalue weighted by Crippen LogP contribution is 2.27. The molecule has 4 heterocycles. The molecule has 7 nitrogen and oxygen atoms in total. The van der Waals surface area contributed by atoms with Gasteiger partial charge in [-0.1, -0.05) is 11.6 Å². The number of rotatable bonds is 3. The van der Waals surface area contributed by atoms with E-state index in [1.165, 1.54) is 0 Å². The van der Waals surface area contributed by atoms with Crippen molar-refractivity contribution in [2.75, 3.05) is 31.1 Å². The number of carbonyl (C=O) groups excluding carboxylic acids is 1. The molecule has 0 N–H and O–H groups in total. The quantitative estimate of drug-likeness (QED) is 0.503. The van der Waals surface area contributed by atoms with Gasteiger partial charge in [0.15, 0.2) is 0 Å². The first kappa shape index (κ1) is 18.1. The second kappa shape index (κ2) is 7.46. The molecule has 1 aromatic carbocycles. The Hall–Kier alpha value is -2.97. The highest BCUT2D eigenvalue weighted by molar-refractivity contribution is 7.16. The van der Waals surface area contributed by atoms with Crippen LogP contribution in [-0.4, -0.2) is 56.7 Å². The van der Waals surface area contributed by atoms with Crippen LogP contribution in [0.4, 0.5) is 5.82 Å². The van der Waals surface area contributed by atoms with Crippen LogP contribution in [0, 0.1) is 0 Å². The molecule has 1 aliphatic rings. The second-order valence-electron chi connectivity index (χ2n) is 6.77. The number of hydrogen-bond donors (Lipinski definition) is 0. The monoisotopic (exact) mass is 424 g/mol. The van der Waals surface area contributed by atoms with E-state index in [1.807, 2.05) is 22.4 Å². The molecule has 0 unspecified atom stereocenters. The Morgan fingerprint density at radius 2 is 1.83 bits per heavy atom. The number of carbonyl (C=O) groups is 1. The van der Waals surface area contributed by atoms with Crippen LogP contribution in [-0.2, 0) is 0 Å². The second-order valence-corrected chi connectivity index (χ2v) is 8.10. The largest absolute Gasteiger partial charge is 0.352 e. The van der Waals surface area contributed by atoms with Crippen molar-refractivity contribution in [2.45, 2.75) is 0 Å². The Morgan fingerprint density at radius 1 is 1.03 bits per heavy atom. The summed E-state index contributed by atoms with van der Waals surface area (Å²) in [6, 6.07) is 9.40. The number of anilines is 1. The molecular formula is C20H17ClN6OS. The van der Waals surface area contributed by atoms with E-state index in [0.29, 0.717) is 23.7 Å². The molecule has 0 aliphatic carbocycles. The Kier molecular flexibility index (Phi) is 4.65. The lowest BCUT2D eigenvalue weighted by Gasteiger charge is -2.35. The Morgan fingerprint density at radius 3 is 2.62 bits per heavy atom. The van der Waals surface area contributed by atoms with Crippen molar-refractivity contribution < 1.29 is 4.79 Å². The van der Waals surface area contributed by atoms with Crippen molar-refractivity contribution in [3.63, 3.8) is 0 Å². The summed E-state index contributed by atoms with van der Waals surface area (Å²) in [5.74, 6) is 0.937. The van der Waals surface area contributed by atoms with E-state index < -0.39 is 0 Å². The minimum absolute atomic E-state index is 0.00627. The summed E-state index contributed by atoms with van der Waals surface area (Å²) >= 11 is 7.55. The van der Waals surface area contributed by atoms with Crippen LogP contribution < -0.4 is 4.90 Å². The van der Waals surface area contributed by atoms with Gasteiger partial charge in [-0.15, -0.1) is 11.3 Å².